The maximum Gasteiger partial charge on any atom is 0.335 e. The molecular formula is C15H11FN2O2. The number of carboxylic acids is 1. The minimum absolute atomic E-state index is 0.232. The van der Waals surface area contributed by atoms with Gasteiger partial charge in [-0.05, 0) is 30.7 Å². The van der Waals surface area contributed by atoms with Crippen LogP contribution in [0.2, 0.25) is 0 Å². The lowest BCUT2D eigenvalue weighted by Gasteiger charge is -2.05. The summed E-state index contributed by atoms with van der Waals surface area (Å²) in [6.45, 7) is 1.89. The van der Waals surface area contributed by atoms with Crippen molar-refractivity contribution in [2.75, 3.05) is 0 Å². The first kappa shape index (κ1) is 12.3. The molecule has 0 aliphatic heterocycles. The molecule has 0 amide bonds. The topological polar surface area (TPSA) is 55.1 Å². The van der Waals surface area contributed by atoms with E-state index in [1.807, 2.05) is 13.1 Å². The molecule has 3 aromatic rings. The zero-order chi connectivity index (χ0) is 14.3. The van der Waals surface area contributed by atoms with Crippen molar-refractivity contribution in [2.45, 2.75) is 6.92 Å². The molecule has 0 atom stereocenters. The molecule has 0 fully saturated rings. The Bertz CT molecular complexity index is 824. The number of halogens is 1. The zero-order valence-corrected chi connectivity index (χ0v) is 10.7. The molecule has 5 heteroatoms. The van der Waals surface area contributed by atoms with Crippen LogP contribution >= 0.6 is 0 Å². The van der Waals surface area contributed by atoms with Crippen LogP contribution < -0.4 is 0 Å². The van der Waals surface area contributed by atoms with Crippen molar-refractivity contribution < 1.29 is 14.3 Å². The van der Waals surface area contributed by atoms with Crippen molar-refractivity contribution in [1.29, 1.82) is 0 Å². The lowest BCUT2D eigenvalue weighted by molar-refractivity contribution is 0.0697. The Balaban J connectivity index is 2.25. The molecule has 3 rings (SSSR count). The maximum absolute atomic E-state index is 13.3. The SMILES string of the molecule is Cc1cn(-c2cncc(F)c2)c2ccc(C(=O)O)cc12. The minimum Gasteiger partial charge on any atom is -0.478 e. The number of hydrogen-bond acceptors (Lipinski definition) is 2. The first-order valence-electron chi connectivity index (χ1n) is 6.02. The fourth-order valence-electron chi connectivity index (χ4n) is 2.27. The van der Waals surface area contributed by atoms with Crippen LogP contribution in [-0.4, -0.2) is 20.6 Å². The summed E-state index contributed by atoms with van der Waals surface area (Å²) >= 11 is 0. The van der Waals surface area contributed by atoms with Gasteiger partial charge in [0.05, 0.1) is 29.2 Å². The summed E-state index contributed by atoms with van der Waals surface area (Å²) < 4.78 is 15.1. The average Bonchev–Trinajstić information content (AvgIpc) is 2.76. The third-order valence-corrected chi connectivity index (χ3v) is 3.22. The van der Waals surface area contributed by atoms with Gasteiger partial charge in [-0.2, -0.15) is 0 Å². The van der Waals surface area contributed by atoms with Crippen molar-refractivity contribution in [3.63, 3.8) is 0 Å². The molecule has 0 spiro atoms. The van der Waals surface area contributed by atoms with E-state index < -0.39 is 11.8 Å². The van der Waals surface area contributed by atoms with Crippen molar-refractivity contribution in [3.05, 3.63) is 59.8 Å². The predicted molar refractivity (Wildman–Crippen MR) is 72.7 cm³/mol. The van der Waals surface area contributed by atoms with E-state index in [4.69, 9.17) is 5.11 Å². The molecule has 0 bridgehead atoms. The van der Waals surface area contributed by atoms with E-state index in [1.54, 1.807) is 22.9 Å². The van der Waals surface area contributed by atoms with Gasteiger partial charge in [-0.25, -0.2) is 9.18 Å². The van der Waals surface area contributed by atoms with E-state index in [-0.39, 0.29) is 5.56 Å². The number of carboxylic acid groups (broad SMARTS) is 1. The van der Waals surface area contributed by atoms with Crippen LogP contribution in [0.3, 0.4) is 0 Å². The molecule has 2 heterocycles. The normalized spacial score (nSPS) is 10.9. The summed E-state index contributed by atoms with van der Waals surface area (Å²) in [5.74, 6) is -1.38. The number of nitrogens with zero attached hydrogens (tertiary/aromatic N) is 2. The number of pyridine rings is 1. The zero-order valence-electron chi connectivity index (χ0n) is 10.7. The van der Waals surface area contributed by atoms with Crippen molar-refractivity contribution in [1.82, 2.24) is 9.55 Å². The summed E-state index contributed by atoms with van der Waals surface area (Å²) in [6.07, 6.45) is 4.55. The van der Waals surface area contributed by atoms with E-state index in [1.165, 1.54) is 12.1 Å². The van der Waals surface area contributed by atoms with E-state index in [9.17, 15) is 9.18 Å². The monoisotopic (exact) mass is 270 g/mol. The molecule has 0 saturated heterocycles. The summed E-state index contributed by atoms with van der Waals surface area (Å²) in [4.78, 5) is 14.8. The van der Waals surface area contributed by atoms with Gasteiger partial charge in [0.1, 0.15) is 5.82 Å². The molecule has 2 aromatic heterocycles. The highest BCUT2D eigenvalue weighted by molar-refractivity contribution is 5.95. The third-order valence-electron chi connectivity index (χ3n) is 3.22. The Labute approximate surface area is 114 Å². The first-order valence-corrected chi connectivity index (χ1v) is 6.02. The summed E-state index contributed by atoms with van der Waals surface area (Å²) in [7, 11) is 0. The van der Waals surface area contributed by atoms with Crippen molar-refractivity contribution in [3.8, 4) is 5.69 Å². The molecule has 0 saturated carbocycles. The number of aryl methyl sites for hydroxylation is 1. The molecule has 4 nitrogen and oxygen atoms in total. The summed E-state index contributed by atoms with van der Waals surface area (Å²) in [5.41, 5.74) is 2.58. The second-order valence-corrected chi connectivity index (χ2v) is 4.58. The number of carbonyl (C=O) groups is 1. The average molecular weight is 270 g/mol. The lowest BCUT2D eigenvalue weighted by atomic mass is 10.1. The molecule has 0 aliphatic rings. The summed E-state index contributed by atoms with van der Waals surface area (Å²) in [6, 6.07) is 6.26. The maximum atomic E-state index is 13.3. The molecule has 1 aromatic carbocycles. The van der Waals surface area contributed by atoms with E-state index in [2.05, 4.69) is 4.98 Å². The third kappa shape index (κ3) is 1.93. The van der Waals surface area contributed by atoms with Gasteiger partial charge in [0, 0.05) is 17.6 Å². The molecule has 20 heavy (non-hydrogen) atoms. The van der Waals surface area contributed by atoms with Gasteiger partial charge < -0.3 is 9.67 Å². The molecule has 1 N–H and O–H groups in total. The Morgan fingerprint density at radius 1 is 1.30 bits per heavy atom. The molecule has 100 valence electrons. The minimum atomic E-state index is -0.966. The summed E-state index contributed by atoms with van der Waals surface area (Å²) in [5, 5.41) is 9.86. The van der Waals surface area contributed by atoms with Crippen LogP contribution in [0.15, 0.2) is 42.9 Å². The number of aromatic carboxylic acids is 1. The smallest absolute Gasteiger partial charge is 0.335 e. The van der Waals surface area contributed by atoms with Crippen molar-refractivity contribution in [2.24, 2.45) is 0 Å². The Hall–Kier alpha value is -2.69. The molecule has 0 aliphatic carbocycles. The quantitative estimate of drug-likeness (QED) is 0.778. The van der Waals surface area contributed by atoms with Crippen LogP contribution in [0.1, 0.15) is 15.9 Å². The van der Waals surface area contributed by atoms with Crippen LogP contribution in [0, 0.1) is 12.7 Å². The standard InChI is InChI=1S/C15H11FN2O2/c1-9-8-18(12-5-11(16)6-17-7-12)14-3-2-10(15(19)20)4-13(9)14/h2-8H,1H3,(H,19,20). The lowest BCUT2D eigenvalue weighted by Crippen LogP contribution is -1.97. The predicted octanol–water partition coefficient (Wildman–Crippen LogP) is 3.17. The van der Waals surface area contributed by atoms with Gasteiger partial charge in [0.15, 0.2) is 0 Å². The largest absolute Gasteiger partial charge is 0.478 e. The van der Waals surface area contributed by atoms with Crippen LogP contribution in [0.25, 0.3) is 16.6 Å². The van der Waals surface area contributed by atoms with Gasteiger partial charge in [0.25, 0.3) is 0 Å². The molecule has 0 radical (unpaired) electrons. The van der Waals surface area contributed by atoms with Gasteiger partial charge >= 0.3 is 5.97 Å². The molecule has 0 unspecified atom stereocenters. The Morgan fingerprint density at radius 3 is 2.80 bits per heavy atom. The first-order chi connectivity index (χ1) is 9.56. The fourth-order valence-corrected chi connectivity index (χ4v) is 2.27. The van der Waals surface area contributed by atoms with Crippen LogP contribution in [-0.2, 0) is 0 Å². The van der Waals surface area contributed by atoms with Gasteiger partial charge in [-0.1, -0.05) is 0 Å². The Morgan fingerprint density at radius 2 is 2.10 bits per heavy atom. The second-order valence-electron chi connectivity index (χ2n) is 4.58. The highest BCUT2D eigenvalue weighted by atomic mass is 19.1. The molecular weight excluding hydrogens is 259 g/mol. The second kappa shape index (κ2) is 4.45. The number of fused-ring (bicyclic) bond motifs is 1. The van der Waals surface area contributed by atoms with Crippen LogP contribution in [0.4, 0.5) is 4.39 Å². The van der Waals surface area contributed by atoms with E-state index >= 15 is 0 Å². The number of benzene rings is 1. The van der Waals surface area contributed by atoms with Gasteiger partial charge in [-0.15, -0.1) is 0 Å². The number of aromatic nitrogens is 2. The number of rotatable bonds is 2. The fraction of sp³-hybridized carbons (Fsp3) is 0.0667. The van der Waals surface area contributed by atoms with E-state index in [0.29, 0.717) is 5.69 Å². The van der Waals surface area contributed by atoms with Gasteiger partial charge in [0.2, 0.25) is 0 Å². The van der Waals surface area contributed by atoms with Gasteiger partial charge in [-0.3, -0.25) is 4.98 Å². The Kier molecular flexibility index (Phi) is 2.75. The highest BCUT2D eigenvalue weighted by Crippen LogP contribution is 2.25. The van der Waals surface area contributed by atoms with Crippen LogP contribution in [0.5, 0.6) is 0 Å². The number of hydrogen-bond donors (Lipinski definition) is 1. The van der Waals surface area contributed by atoms with E-state index in [0.717, 1.165) is 22.7 Å². The van der Waals surface area contributed by atoms with Crippen molar-refractivity contribution >= 4 is 16.9 Å². The highest BCUT2D eigenvalue weighted by Gasteiger charge is 2.11.